The summed E-state index contributed by atoms with van der Waals surface area (Å²) in [5, 5.41) is 0. The molecule has 0 fully saturated rings. The van der Waals surface area contributed by atoms with E-state index in [1.165, 1.54) is 0 Å². The molecule has 0 saturated heterocycles. The van der Waals surface area contributed by atoms with Gasteiger partial charge in [0.2, 0.25) is 0 Å². The van der Waals surface area contributed by atoms with Gasteiger partial charge in [-0.05, 0) is 36.0 Å². The molecular formula is C8H7ClO2S. The van der Waals surface area contributed by atoms with Gasteiger partial charge < -0.3 is 9.47 Å². The molecule has 0 bridgehead atoms. The molecule has 0 aromatic heterocycles. The average molecular weight is 203 g/mol. The molecule has 1 rings (SSSR count). The normalized spacial score (nSPS) is 9.17. The molecule has 0 spiro atoms. The maximum Gasteiger partial charge on any atom is 0.260 e. The van der Waals surface area contributed by atoms with E-state index in [0.29, 0.717) is 11.5 Å². The summed E-state index contributed by atoms with van der Waals surface area (Å²) >= 11 is 9.94. The predicted octanol–water partition coefficient (Wildman–Crippen LogP) is 2.60. The first-order valence-corrected chi connectivity index (χ1v) is 4.02. The van der Waals surface area contributed by atoms with Crippen molar-refractivity contribution in [1.29, 1.82) is 0 Å². The monoisotopic (exact) mass is 202 g/mol. The zero-order chi connectivity index (χ0) is 8.97. The smallest absolute Gasteiger partial charge is 0.260 e. The molecule has 64 valence electrons. The fourth-order valence-electron chi connectivity index (χ4n) is 0.757. The van der Waals surface area contributed by atoms with E-state index in [0.717, 1.165) is 0 Å². The first-order chi connectivity index (χ1) is 5.72. The van der Waals surface area contributed by atoms with Crippen molar-refractivity contribution >= 4 is 28.3 Å². The third-order valence-electron chi connectivity index (χ3n) is 1.24. The molecule has 0 aliphatic rings. The van der Waals surface area contributed by atoms with Crippen LogP contribution in [0.3, 0.4) is 0 Å². The third kappa shape index (κ3) is 2.68. The van der Waals surface area contributed by atoms with Crippen LogP contribution in [0.25, 0.3) is 0 Å². The zero-order valence-corrected chi connectivity index (χ0v) is 7.98. The van der Waals surface area contributed by atoms with Gasteiger partial charge in [0.05, 0.1) is 7.11 Å². The first kappa shape index (κ1) is 9.29. The third-order valence-corrected chi connectivity index (χ3v) is 1.40. The number of ether oxygens (including phenoxy) is 2. The van der Waals surface area contributed by atoms with E-state index in [-0.39, 0.29) is 4.51 Å². The van der Waals surface area contributed by atoms with Crippen molar-refractivity contribution in [2.75, 3.05) is 7.11 Å². The second kappa shape index (κ2) is 4.28. The second-order valence-corrected chi connectivity index (χ2v) is 2.96. The Labute approximate surface area is 81.1 Å². The quantitative estimate of drug-likeness (QED) is 0.543. The van der Waals surface area contributed by atoms with Gasteiger partial charge in [-0.1, -0.05) is 6.07 Å². The Kier molecular flexibility index (Phi) is 3.31. The van der Waals surface area contributed by atoms with Crippen molar-refractivity contribution in [3.63, 3.8) is 0 Å². The van der Waals surface area contributed by atoms with Crippen molar-refractivity contribution in [1.82, 2.24) is 0 Å². The fraction of sp³-hybridized carbons (Fsp3) is 0.125. The number of thiocarbonyl (C=S) groups is 1. The minimum atomic E-state index is -0.0248. The Hall–Kier alpha value is -0.800. The minimum absolute atomic E-state index is 0.0248. The molecule has 0 heterocycles. The molecule has 0 unspecified atom stereocenters. The van der Waals surface area contributed by atoms with Crippen LogP contribution in [0.2, 0.25) is 0 Å². The Morgan fingerprint density at radius 1 is 1.42 bits per heavy atom. The Morgan fingerprint density at radius 2 is 2.08 bits per heavy atom. The van der Waals surface area contributed by atoms with Gasteiger partial charge >= 0.3 is 0 Å². The van der Waals surface area contributed by atoms with Gasteiger partial charge in [-0.3, -0.25) is 0 Å². The highest BCUT2D eigenvalue weighted by atomic mass is 35.5. The lowest BCUT2D eigenvalue weighted by molar-refractivity contribution is 0.412. The first-order valence-electron chi connectivity index (χ1n) is 3.24. The van der Waals surface area contributed by atoms with Crippen molar-refractivity contribution in [3.8, 4) is 11.5 Å². The minimum Gasteiger partial charge on any atom is -0.497 e. The van der Waals surface area contributed by atoms with Crippen LogP contribution in [0.1, 0.15) is 0 Å². The number of halogens is 1. The summed E-state index contributed by atoms with van der Waals surface area (Å²) < 4.78 is 9.92. The van der Waals surface area contributed by atoms with Crippen LogP contribution < -0.4 is 9.47 Å². The lowest BCUT2D eigenvalue weighted by Crippen LogP contribution is -1.95. The van der Waals surface area contributed by atoms with Crippen LogP contribution in [0.5, 0.6) is 11.5 Å². The van der Waals surface area contributed by atoms with Crippen LogP contribution >= 0.6 is 23.8 Å². The standard InChI is InChI=1S/C8H7ClO2S/c1-10-6-3-2-4-7(5-6)11-8(9)12/h2-5H,1H3. The van der Waals surface area contributed by atoms with Crippen molar-refractivity contribution in [2.24, 2.45) is 0 Å². The van der Waals surface area contributed by atoms with Gasteiger partial charge in [0.15, 0.2) is 0 Å². The summed E-state index contributed by atoms with van der Waals surface area (Å²) in [5.74, 6) is 1.29. The van der Waals surface area contributed by atoms with Gasteiger partial charge in [-0.25, -0.2) is 0 Å². The van der Waals surface area contributed by atoms with Crippen molar-refractivity contribution in [2.45, 2.75) is 0 Å². The lowest BCUT2D eigenvalue weighted by Gasteiger charge is -2.03. The number of benzene rings is 1. The summed E-state index contributed by atoms with van der Waals surface area (Å²) in [6, 6.07) is 7.05. The molecule has 0 atom stereocenters. The van der Waals surface area contributed by atoms with E-state index >= 15 is 0 Å². The number of hydrogen-bond acceptors (Lipinski definition) is 3. The summed E-state index contributed by atoms with van der Waals surface area (Å²) in [5.41, 5.74) is 0. The van der Waals surface area contributed by atoms with E-state index in [1.54, 1.807) is 25.3 Å². The Balaban J connectivity index is 2.79. The van der Waals surface area contributed by atoms with E-state index < -0.39 is 0 Å². The molecule has 0 radical (unpaired) electrons. The van der Waals surface area contributed by atoms with Gasteiger partial charge in [-0.15, -0.1) is 0 Å². The summed E-state index contributed by atoms with van der Waals surface area (Å²) in [4.78, 5) is 0. The molecule has 0 saturated carbocycles. The predicted molar refractivity (Wildman–Crippen MR) is 52.1 cm³/mol. The zero-order valence-electron chi connectivity index (χ0n) is 6.41. The Bertz CT molecular complexity index is 288. The fourth-order valence-corrected chi connectivity index (χ4v) is 0.943. The highest BCUT2D eigenvalue weighted by Gasteiger charge is 1.97. The highest BCUT2D eigenvalue weighted by Crippen LogP contribution is 2.19. The molecule has 1 aromatic carbocycles. The van der Waals surface area contributed by atoms with Crippen LogP contribution in [0, 0.1) is 0 Å². The summed E-state index contributed by atoms with van der Waals surface area (Å²) in [7, 11) is 1.58. The molecule has 12 heavy (non-hydrogen) atoms. The van der Waals surface area contributed by atoms with E-state index in [1.807, 2.05) is 6.07 Å². The summed E-state index contributed by atoms with van der Waals surface area (Å²) in [6.07, 6.45) is 0. The second-order valence-electron chi connectivity index (χ2n) is 2.02. The number of methoxy groups -OCH3 is 1. The largest absolute Gasteiger partial charge is 0.497 e. The molecule has 4 heteroatoms. The highest BCUT2D eigenvalue weighted by molar-refractivity contribution is 7.82. The average Bonchev–Trinajstić information content (AvgIpc) is 2.03. The molecule has 0 aliphatic carbocycles. The topological polar surface area (TPSA) is 18.5 Å². The molecule has 0 amide bonds. The van der Waals surface area contributed by atoms with Crippen LogP contribution in [-0.4, -0.2) is 11.6 Å². The van der Waals surface area contributed by atoms with Gasteiger partial charge in [-0.2, -0.15) is 0 Å². The number of hydrogen-bond donors (Lipinski definition) is 0. The molecule has 1 aromatic rings. The van der Waals surface area contributed by atoms with Crippen molar-refractivity contribution < 1.29 is 9.47 Å². The van der Waals surface area contributed by atoms with Crippen molar-refractivity contribution in [3.05, 3.63) is 24.3 Å². The maximum absolute atomic E-state index is 5.38. The maximum atomic E-state index is 5.38. The van der Waals surface area contributed by atoms with Gasteiger partial charge in [0, 0.05) is 6.07 Å². The van der Waals surface area contributed by atoms with E-state index in [4.69, 9.17) is 21.1 Å². The molecule has 2 nitrogen and oxygen atoms in total. The Morgan fingerprint density at radius 3 is 2.67 bits per heavy atom. The molecular weight excluding hydrogens is 196 g/mol. The SMILES string of the molecule is COc1cccc(OC(=S)Cl)c1. The van der Waals surface area contributed by atoms with E-state index in [9.17, 15) is 0 Å². The van der Waals surface area contributed by atoms with Gasteiger partial charge in [0.25, 0.3) is 4.51 Å². The lowest BCUT2D eigenvalue weighted by atomic mass is 10.3. The van der Waals surface area contributed by atoms with Crippen LogP contribution in [-0.2, 0) is 0 Å². The van der Waals surface area contributed by atoms with E-state index in [2.05, 4.69) is 12.2 Å². The molecule has 0 N–H and O–H groups in total. The van der Waals surface area contributed by atoms with Crippen LogP contribution in [0.15, 0.2) is 24.3 Å². The molecule has 0 aliphatic heterocycles. The van der Waals surface area contributed by atoms with Crippen LogP contribution in [0.4, 0.5) is 0 Å². The summed E-state index contributed by atoms with van der Waals surface area (Å²) in [6.45, 7) is 0. The van der Waals surface area contributed by atoms with Gasteiger partial charge in [0.1, 0.15) is 11.5 Å². The number of rotatable bonds is 2.